The third-order valence-electron chi connectivity index (χ3n) is 4.20. The number of hydrogen-bond donors (Lipinski definition) is 0. The molecule has 0 amide bonds. The molecule has 0 atom stereocenters. The predicted octanol–water partition coefficient (Wildman–Crippen LogP) is 4.85. The van der Waals surface area contributed by atoms with Crippen molar-refractivity contribution < 1.29 is 0 Å². The molecule has 0 unspecified atom stereocenters. The van der Waals surface area contributed by atoms with Crippen LogP contribution >= 0.6 is 0 Å². The van der Waals surface area contributed by atoms with Gasteiger partial charge in [0.25, 0.3) is 0 Å². The van der Waals surface area contributed by atoms with Crippen LogP contribution in [0.1, 0.15) is 11.1 Å². The Labute approximate surface area is 152 Å². The summed E-state index contributed by atoms with van der Waals surface area (Å²) in [5, 5.41) is 0. The van der Waals surface area contributed by atoms with E-state index in [9.17, 15) is 0 Å². The zero-order valence-electron chi connectivity index (χ0n) is 14.3. The van der Waals surface area contributed by atoms with Crippen LogP contribution in [-0.4, -0.2) is 19.5 Å². The molecule has 2 aromatic heterocycles. The lowest BCUT2D eigenvalue weighted by molar-refractivity contribution is 0.838. The highest BCUT2D eigenvalue weighted by molar-refractivity contribution is 5.91. The minimum absolute atomic E-state index is 0.669. The maximum Gasteiger partial charge on any atom is 0.164 e. The van der Waals surface area contributed by atoms with E-state index in [1.165, 1.54) is 0 Å². The Balaban J connectivity index is 1.81. The first kappa shape index (κ1) is 16.0. The summed E-state index contributed by atoms with van der Waals surface area (Å²) in [5.74, 6) is 0. The molecular formula is C22H18N4. The molecule has 0 saturated heterocycles. The summed E-state index contributed by atoms with van der Waals surface area (Å²) in [7, 11) is 0. The zero-order chi connectivity index (χ0) is 17.8. The van der Waals surface area contributed by atoms with Crippen LogP contribution in [0.15, 0.2) is 79.9 Å². The molecule has 4 rings (SSSR count). The van der Waals surface area contributed by atoms with Crippen LogP contribution < -0.4 is 0 Å². The zero-order valence-corrected chi connectivity index (χ0v) is 14.3. The summed E-state index contributed by atoms with van der Waals surface area (Å²) in [6.07, 6.45) is 9.43. The number of nitrogens with zero attached hydrogens (tertiary/aromatic N) is 4. The van der Waals surface area contributed by atoms with Crippen LogP contribution in [0.5, 0.6) is 0 Å². The molecule has 0 aliphatic rings. The Morgan fingerprint density at radius 2 is 1.69 bits per heavy atom. The highest BCUT2D eigenvalue weighted by atomic mass is 15.1. The Morgan fingerprint density at radius 1 is 0.885 bits per heavy atom. The van der Waals surface area contributed by atoms with Crippen LogP contribution in [0.4, 0.5) is 0 Å². The van der Waals surface area contributed by atoms with Crippen LogP contribution in [0.3, 0.4) is 0 Å². The number of allylic oxidation sites excluding steroid dienone is 1. The number of rotatable bonds is 5. The lowest BCUT2D eigenvalue weighted by Gasteiger charge is -2.06. The van der Waals surface area contributed by atoms with E-state index < -0.39 is 0 Å². The molecule has 4 heteroatoms. The van der Waals surface area contributed by atoms with E-state index in [2.05, 4.69) is 57.9 Å². The second kappa shape index (κ2) is 7.15. The van der Waals surface area contributed by atoms with Gasteiger partial charge in [-0.05, 0) is 11.1 Å². The van der Waals surface area contributed by atoms with E-state index in [1.54, 1.807) is 12.7 Å². The van der Waals surface area contributed by atoms with E-state index >= 15 is 0 Å². The summed E-state index contributed by atoms with van der Waals surface area (Å²) in [4.78, 5) is 13.5. The Morgan fingerprint density at radius 3 is 2.54 bits per heavy atom. The molecule has 126 valence electrons. The summed E-state index contributed by atoms with van der Waals surface area (Å²) in [5.41, 5.74) is 5.74. The quantitative estimate of drug-likeness (QED) is 0.386. The number of aromatic nitrogens is 4. The molecule has 4 aromatic rings. The maximum atomic E-state index is 4.54. The molecule has 0 fully saturated rings. The Kier molecular flexibility index (Phi) is 4.39. The Bertz CT molecular complexity index is 1080. The van der Waals surface area contributed by atoms with Gasteiger partial charge in [0.2, 0.25) is 0 Å². The van der Waals surface area contributed by atoms with Crippen LogP contribution in [0.2, 0.25) is 0 Å². The second-order valence-corrected chi connectivity index (χ2v) is 5.91. The first-order chi connectivity index (χ1) is 12.9. The molecule has 0 aliphatic carbocycles. The number of benzene rings is 2. The van der Waals surface area contributed by atoms with Gasteiger partial charge in [0.1, 0.15) is 17.5 Å². The third kappa shape index (κ3) is 3.05. The molecule has 0 aliphatic heterocycles. The molecule has 0 N–H and O–H groups in total. The lowest BCUT2D eigenvalue weighted by atomic mass is 10.0. The molecule has 4 nitrogen and oxygen atoms in total. The summed E-state index contributed by atoms with van der Waals surface area (Å²) < 4.78 is 1.97. The number of fused-ring (bicyclic) bond motifs is 1. The van der Waals surface area contributed by atoms with Crippen molar-refractivity contribution in [2.75, 3.05) is 0 Å². The van der Waals surface area contributed by atoms with Crippen molar-refractivity contribution in [3.8, 4) is 11.3 Å². The van der Waals surface area contributed by atoms with Gasteiger partial charge in [-0.25, -0.2) is 15.0 Å². The molecular weight excluding hydrogens is 320 g/mol. The van der Waals surface area contributed by atoms with Crippen molar-refractivity contribution in [3.63, 3.8) is 0 Å². The fraction of sp³-hybridized carbons (Fsp3) is 0.0455. The average Bonchev–Trinajstić information content (AvgIpc) is 3.11. The van der Waals surface area contributed by atoms with Gasteiger partial charge < -0.3 is 4.57 Å². The van der Waals surface area contributed by atoms with Crippen LogP contribution in [-0.2, 0) is 6.54 Å². The van der Waals surface area contributed by atoms with Gasteiger partial charge >= 0.3 is 0 Å². The molecule has 26 heavy (non-hydrogen) atoms. The molecule has 2 heterocycles. The first-order valence-electron chi connectivity index (χ1n) is 8.46. The first-order valence-corrected chi connectivity index (χ1v) is 8.46. The molecule has 0 radical (unpaired) electrons. The summed E-state index contributed by atoms with van der Waals surface area (Å²) >= 11 is 0. The SMILES string of the molecule is C=CCn1cnc2c(-c3ccccc3/C=C/c3ccccc3)ncnc21. The van der Waals surface area contributed by atoms with Crippen molar-refractivity contribution in [2.24, 2.45) is 0 Å². The fourth-order valence-electron chi connectivity index (χ4n) is 2.96. The van der Waals surface area contributed by atoms with Gasteiger partial charge in [-0.1, -0.05) is 72.8 Å². The van der Waals surface area contributed by atoms with Gasteiger partial charge in [0.15, 0.2) is 5.65 Å². The van der Waals surface area contributed by atoms with Crippen molar-refractivity contribution in [1.29, 1.82) is 0 Å². The number of hydrogen-bond acceptors (Lipinski definition) is 3. The highest BCUT2D eigenvalue weighted by Gasteiger charge is 2.13. The van der Waals surface area contributed by atoms with E-state index in [0.29, 0.717) is 6.54 Å². The smallest absolute Gasteiger partial charge is 0.164 e. The molecule has 0 spiro atoms. The standard InChI is InChI=1S/C22H18N4/c1-2-14-26-16-25-21-20(23-15-24-22(21)26)19-11-7-6-10-18(19)13-12-17-8-4-3-5-9-17/h2-13,15-16H,1,14H2/b13-12+. The van der Waals surface area contributed by atoms with Gasteiger partial charge in [-0.2, -0.15) is 0 Å². The Hall–Kier alpha value is -3.53. The van der Waals surface area contributed by atoms with E-state index in [0.717, 1.165) is 33.5 Å². The van der Waals surface area contributed by atoms with Gasteiger partial charge in [0, 0.05) is 12.1 Å². The van der Waals surface area contributed by atoms with Crippen LogP contribution in [0.25, 0.3) is 34.6 Å². The normalized spacial score (nSPS) is 11.2. The third-order valence-corrected chi connectivity index (χ3v) is 4.20. The summed E-state index contributed by atoms with van der Waals surface area (Å²) in [6.45, 7) is 4.46. The van der Waals surface area contributed by atoms with Gasteiger partial charge in [-0.15, -0.1) is 6.58 Å². The second-order valence-electron chi connectivity index (χ2n) is 5.91. The van der Waals surface area contributed by atoms with E-state index in [-0.39, 0.29) is 0 Å². The van der Waals surface area contributed by atoms with E-state index in [1.807, 2.05) is 41.0 Å². The van der Waals surface area contributed by atoms with Crippen molar-refractivity contribution in [3.05, 3.63) is 91.0 Å². The molecule has 2 aromatic carbocycles. The average molecular weight is 338 g/mol. The number of imidazole rings is 1. The fourth-order valence-corrected chi connectivity index (χ4v) is 2.96. The van der Waals surface area contributed by atoms with Gasteiger partial charge in [0.05, 0.1) is 6.33 Å². The molecule has 0 saturated carbocycles. The highest BCUT2D eigenvalue weighted by Crippen LogP contribution is 2.28. The van der Waals surface area contributed by atoms with Crippen LogP contribution in [0, 0.1) is 0 Å². The summed E-state index contributed by atoms with van der Waals surface area (Å²) in [6, 6.07) is 18.5. The monoisotopic (exact) mass is 338 g/mol. The van der Waals surface area contributed by atoms with Crippen molar-refractivity contribution >= 4 is 23.3 Å². The van der Waals surface area contributed by atoms with E-state index in [4.69, 9.17) is 0 Å². The van der Waals surface area contributed by atoms with Crippen molar-refractivity contribution in [2.45, 2.75) is 6.54 Å². The topological polar surface area (TPSA) is 43.6 Å². The predicted molar refractivity (Wildman–Crippen MR) is 106 cm³/mol. The minimum Gasteiger partial charge on any atom is -0.311 e. The minimum atomic E-state index is 0.669. The van der Waals surface area contributed by atoms with Gasteiger partial charge in [-0.3, -0.25) is 0 Å². The van der Waals surface area contributed by atoms with Crippen molar-refractivity contribution in [1.82, 2.24) is 19.5 Å². The maximum absolute atomic E-state index is 4.54. The molecule has 0 bridgehead atoms. The lowest BCUT2D eigenvalue weighted by Crippen LogP contribution is -1.96. The largest absolute Gasteiger partial charge is 0.311 e.